The number of rotatable bonds is 11. The maximum atomic E-state index is 13.1. The number of amides is 2. The third-order valence-corrected chi connectivity index (χ3v) is 5.47. The number of carbonyl (C=O) groups excluding carboxylic acids is 2. The van der Waals surface area contributed by atoms with E-state index in [9.17, 15) is 24.1 Å². The minimum absolute atomic E-state index is 0.0654. The Morgan fingerprint density at radius 1 is 1.08 bits per heavy atom. The van der Waals surface area contributed by atoms with Crippen LogP contribution < -0.4 is 20.2 Å². The van der Waals surface area contributed by atoms with Gasteiger partial charge in [-0.3, -0.25) is 19.7 Å². The predicted molar refractivity (Wildman–Crippen MR) is 139 cm³/mol. The van der Waals surface area contributed by atoms with Gasteiger partial charge in [0.25, 0.3) is 17.5 Å². The molecule has 3 aromatic carbocycles. The molecule has 0 fully saturated rings. The molecule has 0 aliphatic carbocycles. The molecule has 198 valence electrons. The van der Waals surface area contributed by atoms with Crippen LogP contribution >= 0.6 is 0 Å². The Labute approximate surface area is 218 Å². The van der Waals surface area contributed by atoms with Gasteiger partial charge in [0.05, 0.1) is 29.9 Å². The van der Waals surface area contributed by atoms with Crippen molar-refractivity contribution in [2.24, 2.45) is 11.0 Å². The molecule has 11 heteroatoms. The largest absolute Gasteiger partial charge is 0.493 e. The fraction of sp³-hybridized carbons (Fsp3) is 0.222. The summed E-state index contributed by atoms with van der Waals surface area (Å²) in [6.45, 7) is 3.63. The molecule has 0 spiro atoms. The third kappa shape index (κ3) is 7.36. The lowest BCUT2D eigenvalue weighted by Crippen LogP contribution is -2.48. The highest BCUT2D eigenvalue weighted by Gasteiger charge is 2.25. The first kappa shape index (κ1) is 27.8. The number of ether oxygens (including phenoxy) is 2. The van der Waals surface area contributed by atoms with Crippen LogP contribution in [0.5, 0.6) is 11.5 Å². The Hall–Kier alpha value is -4.80. The van der Waals surface area contributed by atoms with Gasteiger partial charge in [0.2, 0.25) is 0 Å². The molecular weight excluding hydrogens is 495 g/mol. The van der Waals surface area contributed by atoms with Gasteiger partial charge in [-0.15, -0.1) is 0 Å². The summed E-state index contributed by atoms with van der Waals surface area (Å²) in [5, 5.41) is 18.2. The molecule has 0 saturated heterocycles. The quantitative estimate of drug-likeness (QED) is 0.220. The summed E-state index contributed by atoms with van der Waals surface area (Å²) >= 11 is 0. The van der Waals surface area contributed by atoms with Gasteiger partial charge in [0, 0.05) is 5.56 Å². The molecule has 10 nitrogen and oxygen atoms in total. The summed E-state index contributed by atoms with van der Waals surface area (Å²) in [6, 6.07) is 15.8. The topological polar surface area (TPSA) is 132 Å². The molecule has 0 heterocycles. The molecule has 1 atom stereocenters. The molecule has 1 unspecified atom stereocenters. The molecule has 0 aromatic heterocycles. The first-order valence-electron chi connectivity index (χ1n) is 11.6. The Balaban J connectivity index is 1.74. The number of methoxy groups -OCH3 is 1. The fourth-order valence-electron chi connectivity index (χ4n) is 3.43. The Kier molecular flexibility index (Phi) is 9.47. The van der Waals surface area contributed by atoms with Crippen molar-refractivity contribution in [1.82, 2.24) is 10.7 Å². The highest BCUT2D eigenvalue weighted by atomic mass is 19.1. The average Bonchev–Trinajstić information content (AvgIpc) is 2.91. The maximum Gasteiger partial charge on any atom is 0.282 e. The zero-order valence-corrected chi connectivity index (χ0v) is 21.0. The minimum Gasteiger partial charge on any atom is -0.493 e. The van der Waals surface area contributed by atoms with Gasteiger partial charge in [0.1, 0.15) is 18.5 Å². The summed E-state index contributed by atoms with van der Waals surface area (Å²) in [5.41, 5.74) is 3.12. The Morgan fingerprint density at radius 2 is 1.76 bits per heavy atom. The number of nitro groups is 1. The summed E-state index contributed by atoms with van der Waals surface area (Å²) in [5.74, 6) is -1.59. The van der Waals surface area contributed by atoms with Crippen LogP contribution in [0.25, 0.3) is 0 Å². The fourth-order valence-corrected chi connectivity index (χ4v) is 3.43. The smallest absolute Gasteiger partial charge is 0.282 e. The van der Waals surface area contributed by atoms with Crippen molar-refractivity contribution < 1.29 is 28.4 Å². The number of nitrogens with one attached hydrogen (secondary N) is 2. The van der Waals surface area contributed by atoms with E-state index >= 15 is 0 Å². The Bertz CT molecular complexity index is 1310. The van der Waals surface area contributed by atoms with Crippen molar-refractivity contribution in [3.63, 3.8) is 0 Å². The number of halogens is 1. The van der Waals surface area contributed by atoms with Gasteiger partial charge in [-0.2, -0.15) is 5.10 Å². The van der Waals surface area contributed by atoms with E-state index in [2.05, 4.69) is 15.8 Å². The number of hydrazone groups is 1. The summed E-state index contributed by atoms with van der Waals surface area (Å²) < 4.78 is 24.2. The molecule has 2 amide bonds. The van der Waals surface area contributed by atoms with Crippen LogP contribution in [-0.4, -0.2) is 36.1 Å². The predicted octanol–water partition coefficient (Wildman–Crippen LogP) is 4.23. The molecule has 0 aliphatic heterocycles. The molecule has 3 aromatic rings. The van der Waals surface area contributed by atoms with E-state index in [-0.39, 0.29) is 40.8 Å². The van der Waals surface area contributed by atoms with E-state index in [1.807, 2.05) is 30.3 Å². The second-order valence-electron chi connectivity index (χ2n) is 8.53. The lowest BCUT2D eigenvalue weighted by atomic mass is 10.0. The summed E-state index contributed by atoms with van der Waals surface area (Å²) in [4.78, 5) is 36.3. The van der Waals surface area contributed by atoms with Crippen molar-refractivity contribution >= 4 is 23.7 Å². The Morgan fingerprint density at radius 3 is 2.37 bits per heavy atom. The maximum absolute atomic E-state index is 13.1. The van der Waals surface area contributed by atoms with Crippen LogP contribution in [0.15, 0.2) is 71.8 Å². The molecule has 38 heavy (non-hydrogen) atoms. The number of carbonyl (C=O) groups is 2. The van der Waals surface area contributed by atoms with Gasteiger partial charge in [-0.25, -0.2) is 9.82 Å². The van der Waals surface area contributed by atoms with Crippen molar-refractivity contribution in [2.75, 3.05) is 7.11 Å². The van der Waals surface area contributed by atoms with Gasteiger partial charge >= 0.3 is 0 Å². The molecule has 0 radical (unpaired) electrons. The van der Waals surface area contributed by atoms with Crippen molar-refractivity contribution in [1.29, 1.82) is 0 Å². The van der Waals surface area contributed by atoms with Gasteiger partial charge < -0.3 is 14.8 Å². The average molecular weight is 523 g/mol. The molecular formula is C27H27FN4O6. The highest BCUT2D eigenvalue weighted by Crippen LogP contribution is 2.34. The van der Waals surface area contributed by atoms with Crippen LogP contribution in [0.4, 0.5) is 10.1 Å². The summed E-state index contributed by atoms with van der Waals surface area (Å²) in [6.07, 6.45) is 1.11. The number of hydrogen-bond donors (Lipinski definition) is 2. The molecule has 3 rings (SSSR count). The minimum atomic E-state index is -0.969. The van der Waals surface area contributed by atoms with E-state index in [4.69, 9.17) is 9.47 Å². The standard InChI is InChI=1S/C27H27FN4O6/c1-17(2)25(30-26(33)19-9-11-21(28)12-10-19)27(34)31-29-15-20-13-23(37-3)24(14-22(20)32(35)36)38-16-18-7-5-4-6-8-18/h4-15,17,25H,16H2,1-3H3,(H,30,33)(H,31,34)/b29-15+. The van der Waals surface area contributed by atoms with Crippen LogP contribution in [0.3, 0.4) is 0 Å². The van der Waals surface area contributed by atoms with Gasteiger partial charge in [-0.1, -0.05) is 44.2 Å². The van der Waals surface area contributed by atoms with Crippen LogP contribution in [-0.2, 0) is 11.4 Å². The van der Waals surface area contributed by atoms with E-state index in [1.54, 1.807) is 13.8 Å². The van der Waals surface area contributed by atoms with E-state index in [1.165, 1.54) is 31.4 Å². The SMILES string of the molecule is COc1cc(/C=N/NC(=O)C(NC(=O)c2ccc(F)cc2)C(C)C)c([N+](=O)[O-])cc1OCc1ccccc1. The van der Waals surface area contributed by atoms with E-state index < -0.39 is 28.6 Å². The number of nitrogens with zero attached hydrogens (tertiary/aromatic N) is 2. The van der Waals surface area contributed by atoms with Crippen molar-refractivity contribution in [3.05, 3.63) is 99.4 Å². The zero-order chi connectivity index (χ0) is 27.7. The van der Waals surface area contributed by atoms with Crippen LogP contribution in [0, 0.1) is 21.8 Å². The van der Waals surface area contributed by atoms with Crippen LogP contribution in [0.2, 0.25) is 0 Å². The zero-order valence-electron chi connectivity index (χ0n) is 21.0. The van der Waals surface area contributed by atoms with E-state index in [0.717, 1.165) is 23.9 Å². The lowest BCUT2D eigenvalue weighted by Gasteiger charge is -2.20. The highest BCUT2D eigenvalue weighted by molar-refractivity contribution is 5.97. The molecule has 2 N–H and O–H groups in total. The molecule has 0 bridgehead atoms. The van der Waals surface area contributed by atoms with Crippen LogP contribution in [0.1, 0.15) is 35.3 Å². The van der Waals surface area contributed by atoms with Gasteiger partial charge in [0.15, 0.2) is 11.5 Å². The van der Waals surface area contributed by atoms with E-state index in [0.29, 0.717) is 0 Å². The lowest BCUT2D eigenvalue weighted by molar-refractivity contribution is -0.385. The monoisotopic (exact) mass is 522 g/mol. The molecule has 0 saturated carbocycles. The second kappa shape index (κ2) is 12.9. The summed E-state index contributed by atoms with van der Waals surface area (Å²) in [7, 11) is 1.40. The van der Waals surface area contributed by atoms with Crippen molar-refractivity contribution in [2.45, 2.75) is 26.5 Å². The second-order valence-corrected chi connectivity index (χ2v) is 8.53. The normalized spacial score (nSPS) is 11.7. The first-order chi connectivity index (χ1) is 18.2. The van der Waals surface area contributed by atoms with Crippen molar-refractivity contribution in [3.8, 4) is 11.5 Å². The number of nitro benzene ring substituents is 1. The number of hydrogen-bond acceptors (Lipinski definition) is 7. The molecule has 0 aliphatic rings. The first-order valence-corrected chi connectivity index (χ1v) is 11.6. The number of benzene rings is 3. The van der Waals surface area contributed by atoms with Gasteiger partial charge in [-0.05, 0) is 41.8 Å². The third-order valence-electron chi connectivity index (χ3n) is 5.47.